The van der Waals surface area contributed by atoms with Crippen LogP contribution >= 0.6 is 23.4 Å². The lowest BCUT2D eigenvalue weighted by molar-refractivity contribution is -0.116. The van der Waals surface area contributed by atoms with Crippen LogP contribution in [0.15, 0.2) is 62.9 Å². The Labute approximate surface area is 171 Å². The fourth-order valence-corrected chi connectivity index (χ4v) is 3.80. The van der Waals surface area contributed by atoms with Crippen molar-refractivity contribution in [1.29, 1.82) is 0 Å². The number of anilines is 1. The topological polar surface area (TPSA) is 77.1 Å². The quantitative estimate of drug-likeness (QED) is 0.458. The average molecular weight is 436 g/mol. The molecule has 0 aliphatic carbocycles. The summed E-state index contributed by atoms with van der Waals surface area (Å²) in [5.74, 6) is -3.30. The SMILES string of the molecule is O=C(Cn1cnc2c(oc3ccccc32)c1=O)Nc1cccc(Cl)c1SC(F)F. The van der Waals surface area contributed by atoms with Crippen molar-refractivity contribution < 1.29 is 18.0 Å². The predicted molar refractivity (Wildman–Crippen MR) is 108 cm³/mol. The van der Waals surface area contributed by atoms with Crippen LogP contribution in [0.5, 0.6) is 0 Å². The molecule has 10 heteroatoms. The van der Waals surface area contributed by atoms with Gasteiger partial charge in [-0.25, -0.2) is 4.98 Å². The van der Waals surface area contributed by atoms with Crippen LogP contribution in [0.3, 0.4) is 0 Å². The van der Waals surface area contributed by atoms with Gasteiger partial charge >= 0.3 is 0 Å². The number of benzene rings is 2. The molecule has 0 spiro atoms. The molecule has 6 nitrogen and oxygen atoms in total. The molecular weight excluding hydrogens is 424 g/mol. The summed E-state index contributed by atoms with van der Waals surface area (Å²) >= 11 is 6.19. The fourth-order valence-electron chi connectivity index (χ4n) is 2.89. The molecule has 2 heterocycles. The number of furan rings is 1. The Bertz CT molecular complexity index is 1290. The number of carbonyl (C=O) groups is 1. The zero-order valence-corrected chi connectivity index (χ0v) is 16.1. The van der Waals surface area contributed by atoms with Crippen molar-refractivity contribution in [1.82, 2.24) is 9.55 Å². The number of alkyl halides is 2. The van der Waals surface area contributed by atoms with E-state index in [2.05, 4.69) is 10.3 Å². The number of nitrogens with zero attached hydrogens (tertiary/aromatic N) is 2. The smallest absolute Gasteiger partial charge is 0.297 e. The van der Waals surface area contributed by atoms with Crippen molar-refractivity contribution in [2.24, 2.45) is 0 Å². The third kappa shape index (κ3) is 3.83. The van der Waals surface area contributed by atoms with E-state index in [9.17, 15) is 18.4 Å². The Morgan fingerprint density at radius 3 is 2.83 bits per heavy atom. The summed E-state index contributed by atoms with van der Waals surface area (Å²) in [6, 6.07) is 11.5. The van der Waals surface area contributed by atoms with Crippen molar-refractivity contribution in [2.45, 2.75) is 17.2 Å². The van der Waals surface area contributed by atoms with Crippen LogP contribution in [0.1, 0.15) is 0 Å². The van der Waals surface area contributed by atoms with Crippen LogP contribution < -0.4 is 10.9 Å². The number of nitrogens with one attached hydrogen (secondary N) is 1. The molecule has 0 unspecified atom stereocenters. The zero-order chi connectivity index (χ0) is 20.5. The molecule has 0 aliphatic rings. The van der Waals surface area contributed by atoms with Gasteiger partial charge in [-0.1, -0.05) is 41.6 Å². The lowest BCUT2D eigenvalue weighted by Crippen LogP contribution is -2.27. The first-order chi connectivity index (χ1) is 13.9. The normalized spacial score (nSPS) is 11.4. The van der Waals surface area contributed by atoms with Crippen LogP contribution in [-0.4, -0.2) is 21.2 Å². The minimum absolute atomic E-state index is 0.0400. The number of hydrogen-bond acceptors (Lipinski definition) is 5. The first-order valence-corrected chi connectivity index (χ1v) is 9.59. The Morgan fingerprint density at radius 2 is 2.03 bits per heavy atom. The maximum atomic E-state index is 12.8. The highest BCUT2D eigenvalue weighted by atomic mass is 35.5. The second-order valence-electron chi connectivity index (χ2n) is 6.00. The molecule has 4 aromatic rings. The highest BCUT2D eigenvalue weighted by Crippen LogP contribution is 2.37. The minimum Gasteiger partial charge on any atom is -0.448 e. The van der Waals surface area contributed by atoms with E-state index in [1.165, 1.54) is 24.5 Å². The molecule has 2 aromatic carbocycles. The van der Waals surface area contributed by atoms with E-state index in [1.54, 1.807) is 24.3 Å². The number of fused-ring (bicyclic) bond motifs is 3. The second kappa shape index (κ2) is 7.84. The number of amides is 1. The third-order valence-corrected chi connectivity index (χ3v) is 5.39. The fraction of sp³-hybridized carbons (Fsp3) is 0.105. The minimum atomic E-state index is -2.70. The van der Waals surface area contributed by atoms with Gasteiger partial charge in [0, 0.05) is 5.39 Å². The first-order valence-electron chi connectivity index (χ1n) is 8.34. The van der Waals surface area contributed by atoms with Gasteiger partial charge in [-0.05, 0) is 24.3 Å². The van der Waals surface area contributed by atoms with Gasteiger partial charge in [-0.15, -0.1) is 0 Å². The zero-order valence-electron chi connectivity index (χ0n) is 14.6. The van der Waals surface area contributed by atoms with Gasteiger partial charge in [0.25, 0.3) is 11.3 Å². The molecule has 148 valence electrons. The van der Waals surface area contributed by atoms with Crippen molar-refractivity contribution >= 4 is 57.0 Å². The van der Waals surface area contributed by atoms with E-state index in [0.29, 0.717) is 16.5 Å². The van der Waals surface area contributed by atoms with Gasteiger partial charge in [-0.2, -0.15) is 8.78 Å². The molecule has 0 saturated carbocycles. The van der Waals surface area contributed by atoms with Crippen molar-refractivity contribution in [3.05, 3.63) is 64.2 Å². The van der Waals surface area contributed by atoms with Crippen molar-refractivity contribution in [3.63, 3.8) is 0 Å². The number of aromatic nitrogens is 2. The van der Waals surface area contributed by atoms with E-state index in [1.807, 2.05) is 0 Å². The monoisotopic (exact) mass is 435 g/mol. The number of hydrogen-bond donors (Lipinski definition) is 1. The number of thioether (sulfide) groups is 1. The maximum Gasteiger partial charge on any atom is 0.297 e. The Kier molecular flexibility index (Phi) is 5.25. The largest absolute Gasteiger partial charge is 0.448 e. The highest BCUT2D eigenvalue weighted by molar-refractivity contribution is 7.99. The van der Waals surface area contributed by atoms with Gasteiger partial charge in [0.1, 0.15) is 17.6 Å². The summed E-state index contributed by atoms with van der Waals surface area (Å²) in [7, 11) is 0. The molecule has 0 aliphatic heterocycles. The standard InChI is InChI=1S/C19H12ClF2N3O3S/c20-11-5-3-6-12(17(11)29-19(21)22)24-14(26)8-25-9-23-15-10-4-1-2-7-13(10)28-16(15)18(25)27/h1-7,9,19H,8H2,(H,24,26). The molecule has 0 fully saturated rings. The van der Waals surface area contributed by atoms with Gasteiger partial charge in [0.15, 0.2) is 0 Å². The molecule has 0 saturated heterocycles. The van der Waals surface area contributed by atoms with E-state index in [4.69, 9.17) is 16.0 Å². The molecule has 2 aromatic heterocycles. The van der Waals surface area contributed by atoms with E-state index in [-0.39, 0.29) is 39.5 Å². The third-order valence-electron chi connectivity index (χ3n) is 4.11. The van der Waals surface area contributed by atoms with Crippen LogP contribution in [-0.2, 0) is 11.3 Å². The number of halogens is 3. The maximum absolute atomic E-state index is 12.8. The van der Waals surface area contributed by atoms with Crippen LogP contribution in [0, 0.1) is 0 Å². The molecule has 29 heavy (non-hydrogen) atoms. The van der Waals surface area contributed by atoms with Gasteiger partial charge in [0.05, 0.1) is 21.9 Å². The summed E-state index contributed by atoms with van der Waals surface area (Å²) in [6.07, 6.45) is 1.25. The van der Waals surface area contributed by atoms with Gasteiger partial charge < -0.3 is 9.73 Å². The van der Waals surface area contributed by atoms with Gasteiger partial charge in [-0.3, -0.25) is 14.2 Å². The summed E-state index contributed by atoms with van der Waals surface area (Å²) in [4.78, 5) is 29.4. The number of carbonyl (C=O) groups excluding carboxylic acids is 1. The summed E-state index contributed by atoms with van der Waals surface area (Å²) in [6.45, 7) is -0.371. The Morgan fingerprint density at radius 1 is 1.24 bits per heavy atom. The average Bonchev–Trinajstić information content (AvgIpc) is 3.06. The molecule has 0 bridgehead atoms. The summed E-state index contributed by atoms with van der Waals surface area (Å²) in [5.41, 5.74) is 0.584. The summed E-state index contributed by atoms with van der Waals surface area (Å²) in [5, 5.41) is 3.30. The lowest BCUT2D eigenvalue weighted by atomic mass is 10.2. The Hall–Kier alpha value is -2.91. The predicted octanol–water partition coefficient (Wildman–Crippen LogP) is 4.75. The molecule has 1 amide bonds. The summed E-state index contributed by atoms with van der Waals surface area (Å²) < 4.78 is 32.2. The van der Waals surface area contributed by atoms with Crippen LogP contribution in [0.25, 0.3) is 22.1 Å². The van der Waals surface area contributed by atoms with Gasteiger partial charge in [0.2, 0.25) is 11.5 Å². The second-order valence-corrected chi connectivity index (χ2v) is 7.40. The van der Waals surface area contributed by atoms with Crippen LogP contribution in [0.4, 0.5) is 14.5 Å². The first kappa shape index (κ1) is 19.4. The highest BCUT2D eigenvalue weighted by Gasteiger charge is 2.17. The number of para-hydroxylation sites is 1. The van der Waals surface area contributed by atoms with Crippen molar-refractivity contribution in [2.75, 3.05) is 5.32 Å². The van der Waals surface area contributed by atoms with E-state index in [0.717, 1.165) is 4.57 Å². The van der Waals surface area contributed by atoms with E-state index < -0.39 is 17.2 Å². The van der Waals surface area contributed by atoms with E-state index >= 15 is 0 Å². The molecule has 1 N–H and O–H groups in total. The Balaban J connectivity index is 1.62. The molecule has 4 rings (SSSR count). The molecule has 0 atom stereocenters. The molecule has 0 radical (unpaired) electrons. The van der Waals surface area contributed by atoms with Crippen molar-refractivity contribution in [3.8, 4) is 0 Å². The molecular formula is C19H12ClF2N3O3S. The van der Waals surface area contributed by atoms with Crippen LogP contribution in [0.2, 0.25) is 5.02 Å². The number of rotatable bonds is 5. The lowest BCUT2D eigenvalue weighted by Gasteiger charge is -2.12.